The second-order valence-corrected chi connectivity index (χ2v) is 5.45. The minimum atomic E-state index is 0.158. The van der Waals surface area contributed by atoms with Gasteiger partial charge in [0.2, 0.25) is 0 Å². The highest BCUT2D eigenvalue weighted by Crippen LogP contribution is 2.33. The summed E-state index contributed by atoms with van der Waals surface area (Å²) in [4.78, 5) is 4.13. The van der Waals surface area contributed by atoms with Crippen LogP contribution in [0.3, 0.4) is 0 Å². The van der Waals surface area contributed by atoms with Crippen LogP contribution in [-0.2, 0) is 6.42 Å². The molecule has 3 heteroatoms. The van der Waals surface area contributed by atoms with Gasteiger partial charge >= 0.3 is 0 Å². The van der Waals surface area contributed by atoms with Gasteiger partial charge in [-0.25, -0.2) is 0 Å². The van der Waals surface area contributed by atoms with E-state index in [9.17, 15) is 0 Å². The fraction of sp³-hybridized carbons (Fsp3) is 0.267. The zero-order valence-electron chi connectivity index (χ0n) is 9.97. The Morgan fingerprint density at radius 1 is 1.22 bits per heavy atom. The molecule has 18 heavy (non-hydrogen) atoms. The highest BCUT2D eigenvalue weighted by atomic mass is 79.9. The third-order valence-corrected chi connectivity index (χ3v) is 3.71. The lowest BCUT2D eigenvalue weighted by atomic mass is 9.89. The molecule has 2 aromatic rings. The van der Waals surface area contributed by atoms with Crippen molar-refractivity contribution in [2.24, 2.45) is 0 Å². The van der Waals surface area contributed by atoms with Crippen LogP contribution in [0, 0.1) is 0 Å². The Balaban J connectivity index is 1.86. The van der Waals surface area contributed by atoms with E-state index in [1.54, 1.807) is 12.4 Å². The van der Waals surface area contributed by atoms with Crippen molar-refractivity contribution in [2.45, 2.75) is 25.4 Å². The number of pyridine rings is 1. The summed E-state index contributed by atoms with van der Waals surface area (Å²) in [7, 11) is 0. The van der Waals surface area contributed by atoms with E-state index in [0.29, 0.717) is 0 Å². The first kappa shape index (κ1) is 11.7. The molecule has 0 saturated carbocycles. The van der Waals surface area contributed by atoms with E-state index in [2.05, 4.69) is 45.2 Å². The number of benzene rings is 1. The van der Waals surface area contributed by atoms with Gasteiger partial charge in [-0.3, -0.25) is 4.98 Å². The van der Waals surface area contributed by atoms with Crippen LogP contribution in [0.4, 0.5) is 0 Å². The van der Waals surface area contributed by atoms with Gasteiger partial charge in [-0.05, 0) is 52.4 Å². The number of halogens is 1. The molecule has 1 heterocycles. The Labute approximate surface area is 115 Å². The van der Waals surface area contributed by atoms with E-state index in [0.717, 1.165) is 23.1 Å². The quantitative estimate of drug-likeness (QED) is 0.825. The van der Waals surface area contributed by atoms with Gasteiger partial charge in [0.1, 0.15) is 11.9 Å². The van der Waals surface area contributed by atoms with Crippen molar-refractivity contribution in [3.63, 3.8) is 0 Å². The van der Waals surface area contributed by atoms with E-state index in [-0.39, 0.29) is 6.10 Å². The largest absolute Gasteiger partial charge is 0.484 e. The topological polar surface area (TPSA) is 22.1 Å². The van der Waals surface area contributed by atoms with Crippen molar-refractivity contribution in [1.29, 1.82) is 0 Å². The van der Waals surface area contributed by atoms with E-state index >= 15 is 0 Å². The van der Waals surface area contributed by atoms with Gasteiger partial charge in [0.05, 0.1) is 6.20 Å². The number of nitrogens with zero attached hydrogens (tertiary/aromatic N) is 1. The van der Waals surface area contributed by atoms with Crippen LogP contribution in [0.1, 0.15) is 30.1 Å². The molecule has 1 aromatic heterocycles. The molecule has 0 N–H and O–H groups in total. The Kier molecular flexibility index (Phi) is 3.33. The van der Waals surface area contributed by atoms with Crippen LogP contribution in [0.5, 0.6) is 5.75 Å². The van der Waals surface area contributed by atoms with Crippen LogP contribution in [0.25, 0.3) is 0 Å². The predicted molar refractivity (Wildman–Crippen MR) is 74.7 cm³/mol. The molecular weight excluding hydrogens is 290 g/mol. The summed E-state index contributed by atoms with van der Waals surface area (Å²) in [5.41, 5.74) is 2.74. The van der Waals surface area contributed by atoms with Crippen molar-refractivity contribution >= 4 is 15.9 Å². The van der Waals surface area contributed by atoms with Gasteiger partial charge in [0.25, 0.3) is 0 Å². The highest BCUT2D eigenvalue weighted by Gasteiger charge is 2.21. The molecular formula is C15H14BrNO. The standard InChI is InChI=1S/C15H14BrNO/c16-12-8-13(10-17-9-12)18-15-7-3-5-11-4-1-2-6-14(11)15/h1-2,4,6,8-10,15H,3,5,7H2. The third kappa shape index (κ3) is 2.41. The van der Waals surface area contributed by atoms with E-state index in [1.165, 1.54) is 17.5 Å². The van der Waals surface area contributed by atoms with Crippen LogP contribution >= 0.6 is 15.9 Å². The number of aryl methyl sites for hydroxylation is 1. The zero-order valence-corrected chi connectivity index (χ0v) is 11.6. The second-order valence-electron chi connectivity index (χ2n) is 4.54. The number of hydrogen-bond acceptors (Lipinski definition) is 2. The average molecular weight is 304 g/mol. The van der Waals surface area contributed by atoms with E-state index < -0.39 is 0 Å². The smallest absolute Gasteiger partial charge is 0.139 e. The molecule has 1 atom stereocenters. The maximum Gasteiger partial charge on any atom is 0.139 e. The maximum absolute atomic E-state index is 6.07. The normalized spacial score (nSPS) is 18.2. The summed E-state index contributed by atoms with van der Waals surface area (Å²) in [5, 5.41) is 0. The molecule has 0 amide bonds. The summed E-state index contributed by atoms with van der Waals surface area (Å²) in [5.74, 6) is 0.825. The summed E-state index contributed by atoms with van der Waals surface area (Å²) in [6.45, 7) is 0. The Morgan fingerprint density at radius 3 is 3.00 bits per heavy atom. The van der Waals surface area contributed by atoms with Crippen molar-refractivity contribution in [1.82, 2.24) is 4.98 Å². The van der Waals surface area contributed by atoms with Gasteiger partial charge in [-0.15, -0.1) is 0 Å². The lowest BCUT2D eigenvalue weighted by molar-refractivity contribution is 0.182. The fourth-order valence-electron chi connectivity index (χ4n) is 2.45. The lowest BCUT2D eigenvalue weighted by Gasteiger charge is -2.26. The third-order valence-electron chi connectivity index (χ3n) is 3.27. The van der Waals surface area contributed by atoms with Gasteiger partial charge in [-0.2, -0.15) is 0 Å². The number of aromatic nitrogens is 1. The molecule has 0 radical (unpaired) electrons. The Morgan fingerprint density at radius 2 is 2.11 bits per heavy atom. The molecule has 1 aromatic carbocycles. The van der Waals surface area contributed by atoms with E-state index in [1.807, 2.05) is 6.07 Å². The number of rotatable bonds is 2. The van der Waals surface area contributed by atoms with Gasteiger partial charge in [-0.1, -0.05) is 24.3 Å². The Hall–Kier alpha value is -1.35. The molecule has 2 nitrogen and oxygen atoms in total. The number of hydrogen-bond donors (Lipinski definition) is 0. The molecule has 1 unspecified atom stereocenters. The predicted octanol–water partition coefficient (Wildman–Crippen LogP) is 4.30. The van der Waals surface area contributed by atoms with Crippen LogP contribution in [0.2, 0.25) is 0 Å². The molecule has 1 aliphatic carbocycles. The first-order chi connectivity index (χ1) is 8.83. The molecule has 1 aliphatic rings. The minimum absolute atomic E-state index is 0.158. The first-order valence-corrected chi connectivity index (χ1v) is 6.97. The second kappa shape index (κ2) is 5.11. The van der Waals surface area contributed by atoms with Crippen molar-refractivity contribution in [3.05, 3.63) is 58.3 Å². The molecule has 0 fully saturated rings. The SMILES string of the molecule is Brc1cncc(OC2CCCc3ccccc32)c1. The molecule has 92 valence electrons. The summed E-state index contributed by atoms with van der Waals surface area (Å²) in [6, 6.07) is 10.5. The van der Waals surface area contributed by atoms with Crippen LogP contribution < -0.4 is 4.74 Å². The van der Waals surface area contributed by atoms with Crippen LogP contribution in [-0.4, -0.2) is 4.98 Å². The minimum Gasteiger partial charge on any atom is -0.484 e. The van der Waals surface area contributed by atoms with Gasteiger partial charge in [0.15, 0.2) is 0 Å². The molecule has 0 saturated heterocycles. The van der Waals surface area contributed by atoms with Gasteiger partial charge in [0, 0.05) is 10.7 Å². The highest BCUT2D eigenvalue weighted by molar-refractivity contribution is 9.10. The molecule has 3 rings (SSSR count). The zero-order chi connectivity index (χ0) is 12.4. The summed E-state index contributed by atoms with van der Waals surface area (Å²) in [6.07, 6.45) is 7.11. The van der Waals surface area contributed by atoms with Crippen molar-refractivity contribution < 1.29 is 4.74 Å². The fourth-order valence-corrected chi connectivity index (χ4v) is 2.80. The number of ether oxygens (including phenoxy) is 1. The molecule has 0 bridgehead atoms. The number of fused-ring (bicyclic) bond motifs is 1. The lowest BCUT2D eigenvalue weighted by Crippen LogP contribution is -2.15. The van der Waals surface area contributed by atoms with Crippen molar-refractivity contribution in [3.8, 4) is 5.75 Å². The van der Waals surface area contributed by atoms with Gasteiger partial charge < -0.3 is 4.74 Å². The average Bonchev–Trinajstić information content (AvgIpc) is 2.39. The van der Waals surface area contributed by atoms with E-state index in [4.69, 9.17) is 4.74 Å². The maximum atomic E-state index is 6.07. The first-order valence-electron chi connectivity index (χ1n) is 6.18. The molecule has 0 spiro atoms. The van der Waals surface area contributed by atoms with Crippen molar-refractivity contribution in [2.75, 3.05) is 0 Å². The summed E-state index contributed by atoms with van der Waals surface area (Å²) < 4.78 is 7.02. The monoisotopic (exact) mass is 303 g/mol. The molecule has 0 aliphatic heterocycles. The van der Waals surface area contributed by atoms with Crippen LogP contribution in [0.15, 0.2) is 47.2 Å². The summed E-state index contributed by atoms with van der Waals surface area (Å²) >= 11 is 3.42. The Bertz CT molecular complexity index is 556.